The first-order valence-electron chi connectivity index (χ1n) is 9.63. The average molecular weight is 390 g/mol. The SMILES string of the molecule is CCOc1ncccc1C(=O)N1CCN(c2ccc(-c3ccccn3)nn2)CC1. The zero-order valence-electron chi connectivity index (χ0n) is 16.2. The van der Waals surface area contributed by atoms with E-state index in [-0.39, 0.29) is 5.91 Å². The van der Waals surface area contributed by atoms with Crippen LogP contribution in [0.5, 0.6) is 5.88 Å². The van der Waals surface area contributed by atoms with Crippen LogP contribution in [-0.2, 0) is 0 Å². The zero-order valence-corrected chi connectivity index (χ0v) is 16.2. The first kappa shape index (κ1) is 18.8. The Bertz CT molecular complexity index is 956. The topological polar surface area (TPSA) is 84.3 Å². The van der Waals surface area contributed by atoms with Gasteiger partial charge in [0.1, 0.15) is 11.3 Å². The molecule has 0 unspecified atom stereocenters. The molecule has 1 aliphatic heterocycles. The van der Waals surface area contributed by atoms with Crippen LogP contribution in [0.3, 0.4) is 0 Å². The lowest BCUT2D eigenvalue weighted by atomic mass is 10.2. The van der Waals surface area contributed by atoms with Crippen LogP contribution in [0, 0.1) is 0 Å². The molecular formula is C21H22N6O2. The van der Waals surface area contributed by atoms with Crippen LogP contribution < -0.4 is 9.64 Å². The molecular weight excluding hydrogens is 368 g/mol. The van der Waals surface area contributed by atoms with Gasteiger partial charge in [0.2, 0.25) is 5.88 Å². The summed E-state index contributed by atoms with van der Waals surface area (Å²) in [6.45, 7) is 4.92. The van der Waals surface area contributed by atoms with E-state index in [1.165, 1.54) is 0 Å². The number of aromatic nitrogens is 4. The number of anilines is 1. The van der Waals surface area contributed by atoms with Crippen molar-refractivity contribution in [1.29, 1.82) is 0 Å². The molecule has 0 N–H and O–H groups in total. The number of piperazine rings is 1. The summed E-state index contributed by atoms with van der Waals surface area (Å²) < 4.78 is 5.49. The second-order valence-electron chi connectivity index (χ2n) is 6.56. The van der Waals surface area contributed by atoms with E-state index in [4.69, 9.17) is 4.74 Å². The van der Waals surface area contributed by atoms with Crippen molar-refractivity contribution in [2.24, 2.45) is 0 Å². The Morgan fingerprint density at radius 1 is 0.931 bits per heavy atom. The van der Waals surface area contributed by atoms with Crippen molar-refractivity contribution in [3.63, 3.8) is 0 Å². The average Bonchev–Trinajstić information content (AvgIpc) is 2.80. The molecule has 0 aromatic carbocycles. The fourth-order valence-corrected chi connectivity index (χ4v) is 3.26. The van der Waals surface area contributed by atoms with E-state index in [9.17, 15) is 4.79 Å². The Morgan fingerprint density at radius 2 is 1.76 bits per heavy atom. The van der Waals surface area contributed by atoms with Gasteiger partial charge in [-0.2, -0.15) is 0 Å². The molecule has 1 amide bonds. The lowest BCUT2D eigenvalue weighted by Gasteiger charge is -2.35. The molecule has 0 saturated carbocycles. The van der Waals surface area contributed by atoms with Crippen LogP contribution in [0.15, 0.2) is 54.9 Å². The van der Waals surface area contributed by atoms with Crippen LogP contribution >= 0.6 is 0 Å². The fraction of sp³-hybridized carbons (Fsp3) is 0.286. The summed E-state index contributed by atoms with van der Waals surface area (Å²) >= 11 is 0. The summed E-state index contributed by atoms with van der Waals surface area (Å²) in [5, 5.41) is 8.65. The molecule has 0 spiro atoms. The third-order valence-corrected chi connectivity index (χ3v) is 4.75. The maximum atomic E-state index is 12.9. The smallest absolute Gasteiger partial charge is 0.259 e. The summed E-state index contributed by atoms with van der Waals surface area (Å²) in [6.07, 6.45) is 3.37. The summed E-state index contributed by atoms with van der Waals surface area (Å²) in [7, 11) is 0. The standard InChI is InChI=1S/C21H22N6O2/c1-2-29-20-16(6-5-11-23-20)21(28)27-14-12-26(13-15-27)19-9-8-18(24-25-19)17-7-3-4-10-22-17/h3-11H,2,12-15H2,1H3. The molecule has 0 radical (unpaired) electrons. The molecule has 1 aliphatic rings. The number of ether oxygens (including phenoxy) is 1. The Labute approximate surface area is 169 Å². The highest BCUT2D eigenvalue weighted by molar-refractivity contribution is 5.96. The Kier molecular flexibility index (Phi) is 5.60. The van der Waals surface area contributed by atoms with Gasteiger partial charge in [0.25, 0.3) is 5.91 Å². The van der Waals surface area contributed by atoms with E-state index in [1.807, 2.05) is 42.2 Å². The van der Waals surface area contributed by atoms with E-state index in [0.29, 0.717) is 44.2 Å². The molecule has 0 atom stereocenters. The van der Waals surface area contributed by atoms with E-state index in [2.05, 4.69) is 25.1 Å². The predicted molar refractivity (Wildman–Crippen MR) is 109 cm³/mol. The molecule has 3 aromatic heterocycles. The number of hydrogen-bond donors (Lipinski definition) is 0. The van der Waals surface area contributed by atoms with Crippen LogP contribution in [-0.4, -0.2) is 63.8 Å². The largest absolute Gasteiger partial charge is 0.477 e. The first-order chi connectivity index (χ1) is 14.3. The van der Waals surface area contributed by atoms with Crippen molar-refractivity contribution >= 4 is 11.7 Å². The molecule has 1 saturated heterocycles. The van der Waals surface area contributed by atoms with Gasteiger partial charge >= 0.3 is 0 Å². The minimum Gasteiger partial charge on any atom is -0.477 e. The highest BCUT2D eigenvalue weighted by Gasteiger charge is 2.25. The molecule has 29 heavy (non-hydrogen) atoms. The van der Waals surface area contributed by atoms with Crippen molar-refractivity contribution in [3.8, 4) is 17.3 Å². The second kappa shape index (κ2) is 8.64. The van der Waals surface area contributed by atoms with E-state index < -0.39 is 0 Å². The molecule has 0 aliphatic carbocycles. The monoisotopic (exact) mass is 390 g/mol. The molecule has 0 bridgehead atoms. The highest BCUT2D eigenvalue weighted by atomic mass is 16.5. The predicted octanol–water partition coefficient (Wildman–Crippen LogP) is 2.29. The van der Waals surface area contributed by atoms with Crippen LogP contribution in [0.4, 0.5) is 5.82 Å². The quantitative estimate of drug-likeness (QED) is 0.661. The fourth-order valence-electron chi connectivity index (χ4n) is 3.26. The maximum Gasteiger partial charge on any atom is 0.259 e. The number of rotatable bonds is 5. The minimum atomic E-state index is -0.0576. The van der Waals surface area contributed by atoms with E-state index >= 15 is 0 Å². The van der Waals surface area contributed by atoms with Gasteiger partial charge in [0, 0.05) is 38.6 Å². The van der Waals surface area contributed by atoms with Gasteiger partial charge in [0.15, 0.2) is 5.82 Å². The van der Waals surface area contributed by atoms with Crippen molar-refractivity contribution in [1.82, 2.24) is 25.1 Å². The molecule has 1 fully saturated rings. The molecule has 4 rings (SSSR count). The maximum absolute atomic E-state index is 12.9. The van der Waals surface area contributed by atoms with Gasteiger partial charge in [0.05, 0.1) is 12.3 Å². The van der Waals surface area contributed by atoms with Crippen LogP contribution in [0.1, 0.15) is 17.3 Å². The lowest BCUT2D eigenvalue weighted by molar-refractivity contribution is 0.0741. The van der Waals surface area contributed by atoms with E-state index in [1.54, 1.807) is 24.5 Å². The highest BCUT2D eigenvalue weighted by Crippen LogP contribution is 2.20. The number of hydrogen-bond acceptors (Lipinski definition) is 7. The van der Waals surface area contributed by atoms with Gasteiger partial charge in [-0.1, -0.05) is 6.07 Å². The first-order valence-corrected chi connectivity index (χ1v) is 9.63. The molecule has 4 heterocycles. The van der Waals surface area contributed by atoms with Gasteiger partial charge in [-0.3, -0.25) is 9.78 Å². The van der Waals surface area contributed by atoms with Crippen molar-refractivity contribution in [2.45, 2.75) is 6.92 Å². The number of pyridine rings is 2. The van der Waals surface area contributed by atoms with Crippen molar-refractivity contribution in [3.05, 3.63) is 60.4 Å². The Morgan fingerprint density at radius 3 is 2.45 bits per heavy atom. The minimum absolute atomic E-state index is 0.0576. The van der Waals surface area contributed by atoms with E-state index in [0.717, 1.165) is 17.2 Å². The van der Waals surface area contributed by atoms with Gasteiger partial charge in [-0.15, -0.1) is 10.2 Å². The van der Waals surface area contributed by atoms with Crippen molar-refractivity contribution in [2.75, 3.05) is 37.7 Å². The zero-order chi connectivity index (χ0) is 20.1. The number of amides is 1. The molecule has 148 valence electrons. The summed E-state index contributed by atoms with van der Waals surface area (Å²) in [5.74, 6) is 1.13. The normalized spacial score (nSPS) is 14.0. The summed E-state index contributed by atoms with van der Waals surface area (Å²) in [6, 6.07) is 13.1. The Hall–Kier alpha value is -3.55. The summed E-state index contributed by atoms with van der Waals surface area (Å²) in [4.78, 5) is 25.3. The number of carbonyl (C=O) groups excluding carboxylic acids is 1. The molecule has 3 aromatic rings. The van der Waals surface area contributed by atoms with Gasteiger partial charge in [-0.05, 0) is 43.3 Å². The van der Waals surface area contributed by atoms with Crippen LogP contribution in [0.2, 0.25) is 0 Å². The second-order valence-corrected chi connectivity index (χ2v) is 6.56. The lowest BCUT2D eigenvalue weighted by Crippen LogP contribution is -2.49. The summed E-state index contributed by atoms with van der Waals surface area (Å²) in [5.41, 5.74) is 2.04. The Balaban J connectivity index is 1.40. The van der Waals surface area contributed by atoms with Gasteiger partial charge < -0.3 is 14.5 Å². The third-order valence-electron chi connectivity index (χ3n) is 4.75. The van der Waals surface area contributed by atoms with Gasteiger partial charge in [-0.25, -0.2) is 4.98 Å². The van der Waals surface area contributed by atoms with Crippen molar-refractivity contribution < 1.29 is 9.53 Å². The number of carbonyl (C=O) groups is 1. The third kappa shape index (κ3) is 4.16. The number of nitrogens with zero attached hydrogens (tertiary/aromatic N) is 6. The molecule has 8 nitrogen and oxygen atoms in total. The van der Waals surface area contributed by atoms with Crippen LogP contribution in [0.25, 0.3) is 11.4 Å². The molecule has 8 heteroatoms.